The number of nitrogens with zero attached hydrogens (tertiary/aromatic N) is 7. The maximum Gasteiger partial charge on any atom is 0.329 e. The van der Waals surface area contributed by atoms with E-state index in [-0.39, 0.29) is 31.3 Å². The van der Waals surface area contributed by atoms with Crippen molar-refractivity contribution < 1.29 is 54.2 Å². The topological polar surface area (TPSA) is 251 Å². The summed E-state index contributed by atoms with van der Waals surface area (Å²) in [5.74, 6) is 0.0302. The van der Waals surface area contributed by atoms with Gasteiger partial charge in [0.1, 0.15) is 13.2 Å². The van der Waals surface area contributed by atoms with Gasteiger partial charge in [-0.25, -0.2) is 19.1 Å². The van der Waals surface area contributed by atoms with E-state index < -0.39 is 62.6 Å². The van der Waals surface area contributed by atoms with E-state index in [4.69, 9.17) is 30.3 Å². The maximum absolute atomic E-state index is 11.1. The lowest BCUT2D eigenvalue weighted by molar-refractivity contribution is -0.144. The molecule has 0 unspecified atom stereocenters. The third-order valence-electron chi connectivity index (χ3n) is 5.40. The Bertz CT molecular complexity index is 1460. The summed E-state index contributed by atoms with van der Waals surface area (Å²) in [5.41, 5.74) is 1.11. The number of carboxylic acid groups (broad SMARTS) is 5. The monoisotopic (exact) mass is 613 g/mol. The van der Waals surface area contributed by atoms with Crippen LogP contribution in [0, 0.1) is 11.8 Å². The van der Waals surface area contributed by atoms with Gasteiger partial charge < -0.3 is 30.3 Å². The normalized spacial score (nSPS) is 10.9. The quantitative estimate of drug-likeness (QED) is 0.0890. The summed E-state index contributed by atoms with van der Waals surface area (Å²) in [6, 6.07) is 6.23. The number of rotatable bonds is 17. The average Bonchev–Trinajstić information content (AvgIpc) is 3.56. The van der Waals surface area contributed by atoms with E-state index in [1.165, 1.54) is 31.6 Å². The summed E-state index contributed by atoms with van der Waals surface area (Å²) < 4.78 is 7.65. The highest BCUT2D eigenvalue weighted by Gasteiger charge is 2.18. The summed E-state index contributed by atoms with van der Waals surface area (Å²) in [5, 5.41) is 53.9. The first kappa shape index (κ1) is 32.9. The van der Waals surface area contributed by atoms with Crippen molar-refractivity contribution >= 4 is 29.8 Å². The highest BCUT2D eigenvalue weighted by atomic mass is 16.5. The van der Waals surface area contributed by atoms with Gasteiger partial charge in [-0.15, -0.1) is 0 Å². The molecule has 0 saturated heterocycles. The molecule has 232 valence electrons. The number of pyridine rings is 1. The van der Waals surface area contributed by atoms with Gasteiger partial charge in [0.2, 0.25) is 0 Å². The molecule has 0 aliphatic rings. The van der Waals surface area contributed by atoms with Gasteiger partial charge in [-0.3, -0.25) is 29.0 Å². The molecular formula is C26H27N7O11. The fourth-order valence-corrected chi connectivity index (χ4v) is 3.84. The largest absolute Gasteiger partial charge is 0.480 e. The molecule has 0 radical (unpaired) electrons. The van der Waals surface area contributed by atoms with E-state index in [0.717, 1.165) is 0 Å². The van der Waals surface area contributed by atoms with Crippen molar-refractivity contribution in [1.82, 2.24) is 34.3 Å². The molecule has 0 saturated carbocycles. The van der Waals surface area contributed by atoms with Crippen molar-refractivity contribution in [3.63, 3.8) is 0 Å². The van der Waals surface area contributed by atoms with Gasteiger partial charge in [0.25, 0.3) is 0 Å². The number of aliphatic carboxylic acids is 5. The minimum atomic E-state index is -1.21. The van der Waals surface area contributed by atoms with Crippen LogP contribution < -0.4 is 0 Å². The maximum atomic E-state index is 11.1. The van der Waals surface area contributed by atoms with Gasteiger partial charge in [0.05, 0.1) is 37.6 Å². The second kappa shape index (κ2) is 15.5. The van der Waals surface area contributed by atoms with Gasteiger partial charge in [0, 0.05) is 31.0 Å². The summed E-state index contributed by atoms with van der Waals surface area (Å²) >= 11 is 0. The van der Waals surface area contributed by atoms with E-state index in [9.17, 15) is 24.0 Å². The minimum Gasteiger partial charge on any atom is -0.480 e. The number of aromatic nitrogens is 5. The highest BCUT2D eigenvalue weighted by molar-refractivity contribution is 5.73. The molecule has 3 aromatic heterocycles. The lowest BCUT2D eigenvalue weighted by Gasteiger charge is -2.16. The van der Waals surface area contributed by atoms with Crippen molar-refractivity contribution in [3.05, 3.63) is 53.6 Å². The van der Waals surface area contributed by atoms with Crippen molar-refractivity contribution in [2.45, 2.75) is 13.1 Å². The second-order valence-electron chi connectivity index (χ2n) is 9.13. The van der Waals surface area contributed by atoms with E-state index >= 15 is 0 Å². The number of hydrogen-bond acceptors (Lipinski definition) is 11. The van der Waals surface area contributed by atoms with E-state index in [1.54, 1.807) is 24.3 Å². The van der Waals surface area contributed by atoms with Crippen LogP contribution in [0.15, 0.2) is 36.7 Å². The first-order valence-corrected chi connectivity index (χ1v) is 12.6. The van der Waals surface area contributed by atoms with Crippen molar-refractivity contribution in [1.29, 1.82) is 0 Å². The van der Waals surface area contributed by atoms with E-state index in [0.29, 0.717) is 17.0 Å². The molecule has 0 amide bonds. The van der Waals surface area contributed by atoms with Crippen molar-refractivity contribution in [2.75, 3.05) is 39.4 Å². The molecule has 44 heavy (non-hydrogen) atoms. The van der Waals surface area contributed by atoms with E-state index in [2.05, 4.69) is 27.0 Å². The van der Waals surface area contributed by atoms with Gasteiger partial charge in [0.15, 0.2) is 11.6 Å². The summed E-state index contributed by atoms with van der Waals surface area (Å²) in [6.07, 6.45) is 3.05. The molecular weight excluding hydrogens is 586 g/mol. The van der Waals surface area contributed by atoms with Crippen LogP contribution in [0.5, 0.6) is 0 Å². The van der Waals surface area contributed by atoms with Crippen LogP contribution in [0.2, 0.25) is 0 Å². The van der Waals surface area contributed by atoms with Crippen LogP contribution in [0.4, 0.5) is 0 Å². The molecule has 18 nitrogen and oxygen atoms in total. The van der Waals surface area contributed by atoms with Crippen LogP contribution in [0.1, 0.15) is 17.0 Å². The lowest BCUT2D eigenvalue weighted by Crippen LogP contribution is -2.34. The SMILES string of the molecule is O=C(O)COCC#Cc1cc(-n2ccc(CN(CC(=O)O)CC(=O)O)n2)nc(-n2ccc(CN(CC(=O)O)CC(=O)O)n2)c1. The zero-order valence-corrected chi connectivity index (χ0v) is 22.9. The molecule has 3 aromatic rings. The van der Waals surface area contributed by atoms with Crippen LogP contribution in [-0.4, -0.2) is 129 Å². The average molecular weight is 614 g/mol. The highest BCUT2D eigenvalue weighted by Crippen LogP contribution is 2.15. The van der Waals surface area contributed by atoms with Crippen molar-refractivity contribution in [2.24, 2.45) is 0 Å². The molecule has 0 bridgehead atoms. The Kier molecular flexibility index (Phi) is 11.6. The van der Waals surface area contributed by atoms with Gasteiger partial charge in [-0.1, -0.05) is 11.8 Å². The zero-order chi connectivity index (χ0) is 32.2. The van der Waals surface area contributed by atoms with Gasteiger partial charge in [-0.2, -0.15) is 10.2 Å². The van der Waals surface area contributed by atoms with Crippen LogP contribution in [0.25, 0.3) is 11.6 Å². The first-order chi connectivity index (χ1) is 20.9. The molecule has 3 heterocycles. The Morgan fingerprint density at radius 2 is 1.14 bits per heavy atom. The number of carbonyl (C=O) groups is 5. The zero-order valence-electron chi connectivity index (χ0n) is 22.9. The third-order valence-corrected chi connectivity index (χ3v) is 5.40. The fraction of sp³-hybridized carbons (Fsp3) is 0.308. The lowest BCUT2D eigenvalue weighted by atomic mass is 10.2. The predicted octanol–water partition coefficient (Wildman–Crippen LogP) is -1.15. The van der Waals surface area contributed by atoms with Crippen LogP contribution >= 0.6 is 0 Å². The summed E-state index contributed by atoms with van der Waals surface area (Å²) in [6.45, 7) is -2.94. The molecule has 0 aliphatic heterocycles. The molecule has 0 spiro atoms. The molecule has 0 aromatic carbocycles. The molecule has 0 atom stereocenters. The Balaban J connectivity index is 1.92. The van der Waals surface area contributed by atoms with Gasteiger partial charge in [-0.05, 0) is 24.3 Å². The van der Waals surface area contributed by atoms with Crippen LogP contribution in [0.3, 0.4) is 0 Å². The Morgan fingerprint density at radius 1 is 0.705 bits per heavy atom. The molecule has 18 heteroatoms. The predicted molar refractivity (Wildman–Crippen MR) is 145 cm³/mol. The Labute approximate surface area is 248 Å². The first-order valence-electron chi connectivity index (χ1n) is 12.6. The van der Waals surface area contributed by atoms with E-state index in [1.807, 2.05) is 0 Å². The van der Waals surface area contributed by atoms with Crippen molar-refractivity contribution in [3.8, 4) is 23.5 Å². The van der Waals surface area contributed by atoms with Crippen LogP contribution in [-0.2, 0) is 41.8 Å². The summed E-state index contributed by atoms with van der Waals surface area (Å²) in [4.78, 5) is 62.2. The van der Waals surface area contributed by atoms with Gasteiger partial charge >= 0.3 is 29.8 Å². The summed E-state index contributed by atoms with van der Waals surface area (Å²) in [7, 11) is 0. The Hall–Kier alpha value is -5.64. The fourth-order valence-electron chi connectivity index (χ4n) is 3.84. The standard InChI is InChI=1S/C26H27N7O11/c34-22(35)12-30(13-23(36)37)10-18-3-5-32(28-18)20-8-17(2-1-7-44-16-26(42)43)9-21(27-20)33-6-4-19(29-33)11-31(14-24(38)39)15-25(40)41/h3-6,8-9H,7,10-16H2,(H,34,35)(H,36,37)(H,38,39)(H,40,41)(H,42,43). The third kappa shape index (κ3) is 11.0. The number of hydrogen-bond donors (Lipinski definition) is 5. The second-order valence-corrected chi connectivity index (χ2v) is 9.13. The minimum absolute atomic E-state index is 0.0788. The molecule has 3 rings (SSSR count). The smallest absolute Gasteiger partial charge is 0.329 e. The Morgan fingerprint density at radius 3 is 1.52 bits per heavy atom. The molecule has 5 N–H and O–H groups in total. The number of carboxylic acids is 5. The molecule has 0 aliphatic carbocycles. The number of ether oxygens (including phenoxy) is 1. The molecule has 0 fully saturated rings.